The van der Waals surface area contributed by atoms with E-state index in [2.05, 4.69) is 10.4 Å². The fourth-order valence-corrected chi connectivity index (χ4v) is 0.937. The largest absolute Gasteiger partial charge is 0.352 e. The van der Waals surface area contributed by atoms with E-state index in [1.54, 1.807) is 10.9 Å². The van der Waals surface area contributed by atoms with Crippen molar-refractivity contribution in [2.75, 3.05) is 0 Å². The minimum absolute atomic E-state index is 0.0155. The van der Waals surface area contributed by atoms with Crippen LogP contribution in [-0.4, -0.2) is 15.7 Å². The first-order valence-corrected chi connectivity index (χ1v) is 3.83. The van der Waals surface area contributed by atoms with Crippen molar-refractivity contribution >= 4 is 5.91 Å². The zero-order valence-corrected chi connectivity index (χ0v) is 7.59. The molecule has 0 unspecified atom stereocenters. The van der Waals surface area contributed by atoms with E-state index < -0.39 is 0 Å². The number of carbonyl (C=O) groups is 1. The minimum Gasteiger partial charge on any atom is -0.352 e. The molecule has 0 spiro atoms. The van der Waals surface area contributed by atoms with E-state index in [4.69, 9.17) is 0 Å². The number of hydrogen-bond donors (Lipinski definition) is 1. The molecule has 66 valence electrons. The molecular weight excluding hydrogens is 154 g/mol. The Morgan fingerprint density at radius 1 is 1.75 bits per heavy atom. The SMILES string of the molecule is CC(=O)NCc1cnn(C)c1C. The number of aryl methyl sites for hydroxylation is 1. The van der Waals surface area contributed by atoms with E-state index in [9.17, 15) is 4.79 Å². The Kier molecular flexibility index (Phi) is 2.47. The van der Waals surface area contributed by atoms with Crippen molar-refractivity contribution in [2.24, 2.45) is 7.05 Å². The van der Waals surface area contributed by atoms with Gasteiger partial charge >= 0.3 is 0 Å². The highest BCUT2D eigenvalue weighted by atomic mass is 16.1. The molecule has 1 heterocycles. The quantitative estimate of drug-likeness (QED) is 0.691. The first kappa shape index (κ1) is 8.77. The second kappa shape index (κ2) is 3.38. The summed E-state index contributed by atoms with van der Waals surface area (Å²) < 4.78 is 1.79. The molecular formula is C8H13N3O. The summed E-state index contributed by atoms with van der Waals surface area (Å²) in [6, 6.07) is 0. The van der Waals surface area contributed by atoms with Gasteiger partial charge in [0.25, 0.3) is 0 Å². The summed E-state index contributed by atoms with van der Waals surface area (Å²) in [5.74, 6) is -0.0155. The van der Waals surface area contributed by atoms with Crippen LogP contribution < -0.4 is 5.32 Å². The number of amides is 1. The van der Waals surface area contributed by atoms with Crippen LogP contribution in [0.25, 0.3) is 0 Å². The van der Waals surface area contributed by atoms with Gasteiger partial charge < -0.3 is 5.32 Å². The summed E-state index contributed by atoms with van der Waals surface area (Å²) in [7, 11) is 1.88. The second-order valence-electron chi connectivity index (χ2n) is 2.79. The molecule has 1 amide bonds. The van der Waals surface area contributed by atoms with Crippen molar-refractivity contribution in [1.29, 1.82) is 0 Å². The molecule has 0 atom stereocenters. The topological polar surface area (TPSA) is 46.9 Å². The Labute approximate surface area is 71.6 Å². The molecule has 4 heteroatoms. The average molecular weight is 167 g/mol. The fraction of sp³-hybridized carbons (Fsp3) is 0.500. The maximum Gasteiger partial charge on any atom is 0.217 e. The summed E-state index contributed by atoms with van der Waals surface area (Å²) >= 11 is 0. The van der Waals surface area contributed by atoms with Crippen LogP contribution in [-0.2, 0) is 18.4 Å². The Morgan fingerprint density at radius 3 is 2.83 bits per heavy atom. The summed E-state index contributed by atoms with van der Waals surface area (Å²) in [6.07, 6.45) is 1.77. The van der Waals surface area contributed by atoms with E-state index >= 15 is 0 Å². The van der Waals surface area contributed by atoms with Gasteiger partial charge in [-0.05, 0) is 6.92 Å². The third-order valence-electron chi connectivity index (χ3n) is 1.86. The van der Waals surface area contributed by atoms with Gasteiger partial charge in [-0.2, -0.15) is 5.10 Å². The Morgan fingerprint density at radius 2 is 2.42 bits per heavy atom. The number of aromatic nitrogens is 2. The minimum atomic E-state index is -0.0155. The smallest absolute Gasteiger partial charge is 0.217 e. The molecule has 1 aromatic rings. The van der Waals surface area contributed by atoms with Crippen molar-refractivity contribution in [1.82, 2.24) is 15.1 Å². The van der Waals surface area contributed by atoms with Crippen molar-refractivity contribution in [3.8, 4) is 0 Å². The summed E-state index contributed by atoms with van der Waals surface area (Å²) in [5, 5.41) is 6.78. The molecule has 1 aromatic heterocycles. The number of rotatable bonds is 2. The van der Waals surface area contributed by atoms with Gasteiger partial charge in [0.15, 0.2) is 0 Å². The number of nitrogens with zero attached hydrogens (tertiary/aromatic N) is 2. The van der Waals surface area contributed by atoms with Crippen LogP contribution in [0, 0.1) is 6.92 Å². The van der Waals surface area contributed by atoms with Crippen molar-refractivity contribution in [2.45, 2.75) is 20.4 Å². The maximum absolute atomic E-state index is 10.6. The van der Waals surface area contributed by atoms with Crippen molar-refractivity contribution in [3.05, 3.63) is 17.5 Å². The highest BCUT2D eigenvalue weighted by molar-refractivity contribution is 5.72. The van der Waals surface area contributed by atoms with E-state index in [0.29, 0.717) is 6.54 Å². The van der Waals surface area contributed by atoms with Crippen LogP contribution in [0.2, 0.25) is 0 Å². The summed E-state index contributed by atoms with van der Waals surface area (Å²) in [6.45, 7) is 4.05. The molecule has 0 saturated carbocycles. The molecule has 0 bridgehead atoms. The lowest BCUT2D eigenvalue weighted by atomic mass is 10.2. The third-order valence-corrected chi connectivity index (χ3v) is 1.86. The lowest BCUT2D eigenvalue weighted by Crippen LogP contribution is -2.19. The highest BCUT2D eigenvalue weighted by Crippen LogP contribution is 2.04. The van der Waals surface area contributed by atoms with Gasteiger partial charge in [-0.1, -0.05) is 0 Å². The van der Waals surface area contributed by atoms with Crippen LogP contribution in [0.5, 0.6) is 0 Å². The van der Waals surface area contributed by atoms with Gasteiger partial charge in [0.05, 0.1) is 6.20 Å². The molecule has 0 aliphatic rings. The summed E-state index contributed by atoms with van der Waals surface area (Å²) in [5.41, 5.74) is 2.15. The van der Waals surface area contributed by atoms with Gasteiger partial charge in [-0.15, -0.1) is 0 Å². The van der Waals surface area contributed by atoms with E-state index in [1.165, 1.54) is 6.92 Å². The normalized spacial score (nSPS) is 9.92. The van der Waals surface area contributed by atoms with E-state index in [1.807, 2.05) is 14.0 Å². The van der Waals surface area contributed by atoms with Gasteiger partial charge in [0.2, 0.25) is 5.91 Å². The highest BCUT2D eigenvalue weighted by Gasteiger charge is 2.02. The average Bonchev–Trinajstić information content (AvgIpc) is 2.30. The third kappa shape index (κ3) is 1.84. The molecule has 0 aromatic carbocycles. The van der Waals surface area contributed by atoms with E-state index in [0.717, 1.165) is 11.3 Å². The van der Waals surface area contributed by atoms with E-state index in [-0.39, 0.29) is 5.91 Å². The number of hydrogen-bond acceptors (Lipinski definition) is 2. The first-order valence-electron chi connectivity index (χ1n) is 3.83. The van der Waals surface area contributed by atoms with Crippen LogP contribution in [0.15, 0.2) is 6.20 Å². The van der Waals surface area contributed by atoms with Gasteiger partial charge in [-0.25, -0.2) is 0 Å². The van der Waals surface area contributed by atoms with Crippen LogP contribution in [0.3, 0.4) is 0 Å². The molecule has 0 aliphatic carbocycles. The van der Waals surface area contributed by atoms with Gasteiger partial charge in [0.1, 0.15) is 0 Å². The zero-order valence-electron chi connectivity index (χ0n) is 7.59. The van der Waals surface area contributed by atoms with Crippen molar-refractivity contribution in [3.63, 3.8) is 0 Å². The molecule has 0 saturated heterocycles. The monoisotopic (exact) mass is 167 g/mol. The molecule has 1 rings (SSSR count). The fourth-order valence-electron chi connectivity index (χ4n) is 0.937. The number of nitrogens with one attached hydrogen (secondary N) is 1. The lowest BCUT2D eigenvalue weighted by molar-refractivity contribution is -0.119. The Balaban J connectivity index is 2.63. The molecule has 0 radical (unpaired) electrons. The Bertz CT molecular complexity index is 290. The molecule has 1 N–H and O–H groups in total. The second-order valence-corrected chi connectivity index (χ2v) is 2.79. The molecule has 4 nitrogen and oxygen atoms in total. The lowest BCUT2D eigenvalue weighted by Gasteiger charge is -2.00. The predicted molar refractivity (Wildman–Crippen MR) is 45.5 cm³/mol. The van der Waals surface area contributed by atoms with Crippen LogP contribution in [0.1, 0.15) is 18.2 Å². The molecule has 12 heavy (non-hydrogen) atoms. The van der Waals surface area contributed by atoms with Crippen LogP contribution in [0.4, 0.5) is 0 Å². The van der Waals surface area contributed by atoms with Gasteiger partial charge in [0, 0.05) is 31.8 Å². The molecule has 0 fully saturated rings. The van der Waals surface area contributed by atoms with Crippen LogP contribution >= 0.6 is 0 Å². The standard InChI is InChI=1S/C8H13N3O/c1-6-8(4-9-7(2)12)5-10-11(6)3/h5H,4H2,1-3H3,(H,9,12). The maximum atomic E-state index is 10.6. The zero-order chi connectivity index (χ0) is 9.14. The predicted octanol–water partition coefficient (Wildman–Crippen LogP) is 0.365. The molecule has 0 aliphatic heterocycles. The number of carbonyl (C=O) groups excluding carboxylic acids is 1. The van der Waals surface area contributed by atoms with Gasteiger partial charge in [-0.3, -0.25) is 9.48 Å². The van der Waals surface area contributed by atoms with Crippen molar-refractivity contribution < 1.29 is 4.79 Å². The first-order chi connectivity index (χ1) is 5.61. The Hall–Kier alpha value is -1.32. The summed E-state index contributed by atoms with van der Waals surface area (Å²) in [4.78, 5) is 10.6.